The van der Waals surface area contributed by atoms with Crippen LogP contribution in [0.5, 0.6) is 0 Å². The Balaban J connectivity index is 1.47. The predicted molar refractivity (Wildman–Crippen MR) is 105 cm³/mol. The lowest BCUT2D eigenvalue weighted by Crippen LogP contribution is -2.39. The molecule has 0 spiro atoms. The number of nitrogens with one attached hydrogen (secondary N) is 1. The van der Waals surface area contributed by atoms with Gasteiger partial charge in [0.05, 0.1) is 18.0 Å². The average Bonchev–Trinajstić information content (AvgIpc) is 3.20. The van der Waals surface area contributed by atoms with Crippen LogP contribution in [0.1, 0.15) is 42.3 Å². The zero-order chi connectivity index (χ0) is 18.6. The Morgan fingerprint density at radius 3 is 2.85 bits per heavy atom. The van der Waals surface area contributed by atoms with Gasteiger partial charge in [-0.2, -0.15) is 0 Å². The van der Waals surface area contributed by atoms with Crippen molar-refractivity contribution < 1.29 is 4.42 Å². The van der Waals surface area contributed by atoms with E-state index in [2.05, 4.69) is 15.2 Å². The normalized spacial score (nSPS) is 16.6. The number of rotatable bonds is 6. The summed E-state index contributed by atoms with van der Waals surface area (Å²) in [5.41, 5.74) is 2.51. The van der Waals surface area contributed by atoms with Gasteiger partial charge in [0.25, 0.3) is 5.56 Å². The van der Waals surface area contributed by atoms with Gasteiger partial charge >= 0.3 is 0 Å². The molecule has 0 saturated carbocycles. The third-order valence-corrected chi connectivity index (χ3v) is 5.22. The Labute approximate surface area is 158 Å². The standard InChI is InChI=1S/C21H26N4O2/c1-16-7-10-25-20(12-16)23-17(13-21(25)26)14-22-15-18(19-6-5-11-27-19)24-8-3-2-4-9-24/h5-7,10-13,18,22H,2-4,8-9,14-15H2,1H3/t18-/m0/s1. The Bertz CT molecular complexity index is 942. The van der Waals surface area contributed by atoms with Gasteiger partial charge in [0.1, 0.15) is 11.4 Å². The summed E-state index contributed by atoms with van der Waals surface area (Å²) < 4.78 is 7.27. The summed E-state index contributed by atoms with van der Waals surface area (Å²) in [4.78, 5) is 19.4. The van der Waals surface area contributed by atoms with E-state index in [1.807, 2.05) is 31.2 Å². The SMILES string of the molecule is Cc1ccn2c(=O)cc(CNC[C@@H](c3ccco3)N3CCCCC3)nc2c1. The van der Waals surface area contributed by atoms with Gasteiger partial charge in [-0.05, 0) is 62.7 Å². The Kier molecular flexibility index (Phi) is 5.36. The third kappa shape index (κ3) is 4.12. The predicted octanol–water partition coefficient (Wildman–Crippen LogP) is 2.91. The molecule has 1 fully saturated rings. The van der Waals surface area contributed by atoms with Gasteiger partial charge in [-0.3, -0.25) is 14.1 Å². The smallest absolute Gasteiger partial charge is 0.258 e. The molecule has 0 radical (unpaired) electrons. The first-order chi connectivity index (χ1) is 13.2. The summed E-state index contributed by atoms with van der Waals surface area (Å²) in [6.07, 6.45) is 7.29. The maximum Gasteiger partial charge on any atom is 0.258 e. The van der Waals surface area contributed by atoms with E-state index in [1.165, 1.54) is 19.3 Å². The summed E-state index contributed by atoms with van der Waals surface area (Å²) in [6, 6.07) is 9.66. The number of hydrogen-bond donors (Lipinski definition) is 1. The summed E-state index contributed by atoms with van der Waals surface area (Å²) in [5, 5.41) is 3.48. The van der Waals surface area contributed by atoms with Crippen molar-refractivity contribution in [2.45, 2.75) is 38.8 Å². The van der Waals surface area contributed by atoms with E-state index < -0.39 is 0 Å². The number of pyridine rings is 1. The molecule has 1 aliphatic rings. The first kappa shape index (κ1) is 17.9. The van der Waals surface area contributed by atoms with Crippen molar-refractivity contribution >= 4 is 5.65 Å². The molecule has 3 aromatic rings. The van der Waals surface area contributed by atoms with Gasteiger partial charge in [0.15, 0.2) is 0 Å². The van der Waals surface area contributed by atoms with Crippen LogP contribution in [0.3, 0.4) is 0 Å². The van der Waals surface area contributed by atoms with Crippen molar-refractivity contribution in [3.05, 3.63) is 70.2 Å². The molecule has 6 heteroatoms. The highest BCUT2D eigenvalue weighted by molar-refractivity contribution is 5.41. The topological polar surface area (TPSA) is 62.8 Å². The number of fused-ring (bicyclic) bond motifs is 1. The molecular formula is C21H26N4O2. The van der Waals surface area contributed by atoms with Crippen LogP contribution >= 0.6 is 0 Å². The van der Waals surface area contributed by atoms with E-state index in [1.54, 1.807) is 22.9 Å². The van der Waals surface area contributed by atoms with Crippen molar-refractivity contribution in [3.8, 4) is 0 Å². The van der Waals surface area contributed by atoms with E-state index in [9.17, 15) is 4.79 Å². The highest BCUT2D eigenvalue weighted by Gasteiger charge is 2.24. The van der Waals surface area contributed by atoms with Crippen LogP contribution in [0, 0.1) is 6.92 Å². The van der Waals surface area contributed by atoms with Gasteiger partial charge in [-0.1, -0.05) is 6.42 Å². The molecule has 142 valence electrons. The highest BCUT2D eigenvalue weighted by Crippen LogP contribution is 2.24. The summed E-state index contributed by atoms with van der Waals surface area (Å²) in [5.74, 6) is 0.992. The van der Waals surface area contributed by atoms with Gasteiger partial charge < -0.3 is 9.73 Å². The van der Waals surface area contributed by atoms with Crippen LogP contribution in [-0.4, -0.2) is 33.9 Å². The zero-order valence-electron chi connectivity index (χ0n) is 15.7. The molecule has 0 bridgehead atoms. The largest absolute Gasteiger partial charge is 0.468 e. The lowest BCUT2D eigenvalue weighted by Gasteiger charge is -2.33. The van der Waals surface area contributed by atoms with Gasteiger partial charge in [-0.25, -0.2) is 4.98 Å². The third-order valence-electron chi connectivity index (χ3n) is 5.22. The molecule has 1 aliphatic heterocycles. The highest BCUT2D eigenvalue weighted by atomic mass is 16.3. The van der Waals surface area contributed by atoms with Crippen molar-refractivity contribution in [2.24, 2.45) is 0 Å². The van der Waals surface area contributed by atoms with Crippen LogP contribution in [0.4, 0.5) is 0 Å². The Hall–Kier alpha value is -2.44. The number of nitrogens with zero attached hydrogens (tertiary/aromatic N) is 3. The monoisotopic (exact) mass is 366 g/mol. The fourth-order valence-corrected chi connectivity index (χ4v) is 3.80. The molecule has 0 amide bonds. The first-order valence-corrected chi connectivity index (χ1v) is 9.68. The average molecular weight is 366 g/mol. The van der Waals surface area contributed by atoms with Crippen LogP contribution in [0.25, 0.3) is 5.65 Å². The number of piperidine rings is 1. The minimum Gasteiger partial charge on any atom is -0.468 e. The summed E-state index contributed by atoms with van der Waals surface area (Å²) in [6.45, 7) is 5.53. The van der Waals surface area contributed by atoms with Gasteiger partial charge in [-0.15, -0.1) is 0 Å². The molecule has 1 N–H and O–H groups in total. The molecule has 1 saturated heterocycles. The number of aromatic nitrogens is 2. The second-order valence-corrected chi connectivity index (χ2v) is 7.28. The lowest BCUT2D eigenvalue weighted by atomic mass is 10.1. The molecule has 6 nitrogen and oxygen atoms in total. The number of hydrogen-bond acceptors (Lipinski definition) is 5. The van der Waals surface area contributed by atoms with E-state index in [0.29, 0.717) is 12.2 Å². The van der Waals surface area contributed by atoms with Gasteiger partial charge in [0.2, 0.25) is 0 Å². The van der Waals surface area contributed by atoms with E-state index >= 15 is 0 Å². The molecule has 0 aromatic carbocycles. The molecule has 3 aromatic heterocycles. The molecule has 4 rings (SSSR count). The first-order valence-electron chi connectivity index (χ1n) is 9.68. The Morgan fingerprint density at radius 2 is 2.07 bits per heavy atom. The number of aryl methyl sites for hydroxylation is 1. The van der Waals surface area contributed by atoms with E-state index in [4.69, 9.17) is 4.42 Å². The molecule has 0 aliphatic carbocycles. The van der Waals surface area contributed by atoms with Crippen LogP contribution in [0.2, 0.25) is 0 Å². The quantitative estimate of drug-likeness (QED) is 0.727. The number of furan rings is 1. The maximum absolute atomic E-state index is 12.3. The van der Waals surface area contributed by atoms with Crippen molar-refractivity contribution in [2.75, 3.05) is 19.6 Å². The second kappa shape index (κ2) is 8.06. The zero-order valence-corrected chi connectivity index (χ0v) is 15.7. The Morgan fingerprint density at radius 1 is 1.22 bits per heavy atom. The van der Waals surface area contributed by atoms with Crippen molar-refractivity contribution in [1.82, 2.24) is 19.6 Å². The molecule has 1 atom stereocenters. The lowest BCUT2D eigenvalue weighted by molar-refractivity contribution is 0.142. The minimum absolute atomic E-state index is 0.0459. The van der Waals surface area contributed by atoms with Crippen molar-refractivity contribution in [3.63, 3.8) is 0 Å². The van der Waals surface area contributed by atoms with Crippen LogP contribution in [-0.2, 0) is 6.54 Å². The fourth-order valence-electron chi connectivity index (χ4n) is 3.80. The fraction of sp³-hybridized carbons (Fsp3) is 0.429. The summed E-state index contributed by atoms with van der Waals surface area (Å²) >= 11 is 0. The van der Waals surface area contributed by atoms with Gasteiger partial charge in [0, 0.05) is 25.4 Å². The van der Waals surface area contributed by atoms with E-state index in [-0.39, 0.29) is 11.6 Å². The molecule has 27 heavy (non-hydrogen) atoms. The minimum atomic E-state index is -0.0459. The van der Waals surface area contributed by atoms with Crippen molar-refractivity contribution in [1.29, 1.82) is 0 Å². The molecule has 0 unspecified atom stereocenters. The summed E-state index contributed by atoms with van der Waals surface area (Å²) in [7, 11) is 0. The molecular weight excluding hydrogens is 340 g/mol. The van der Waals surface area contributed by atoms with Crippen LogP contribution in [0.15, 0.2) is 52.0 Å². The second-order valence-electron chi connectivity index (χ2n) is 7.28. The van der Waals surface area contributed by atoms with E-state index in [0.717, 1.165) is 36.7 Å². The number of likely N-dealkylation sites (tertiary alicyclic amines) is 1. The van der Waals surface area contributed by atoms with Crippen LogP contribution < -0.4 is 10.9 Å². The maximum atomic E-state index is 12.3. The molecule has 4 heterocycles.